The van der Waals surface area contributed by atoms with E-state index in [1.54, 1.807) is 0 Å². The molecule has 190 valence electrons. The molecule has 8 nitrogen and oxygen atoms in total. The van der Waals surface area contributed by atoms with E-state index < -0.39 is 11.2 Å². The molecule has 0 aliphatic rings. The first-order valence-electron chi connectivity index (χ1n) is 11.4. The van der Waals surface area contributed by atoms with E-state index in [9.17, 15) is 9.59 Å². The number of H-pyrrole nitrogens is 2. The van der Waals surface area contributed by atoms with E-state index in [2.05, 4.69) is 39.9 Å². The summed E-state index contributed by atoms with van der Waals surface area (Å²) in [7, 11) is 1.50. The molecule has 0 saturated heterocycles. The number of hydrogen-bond acceptors (Lipinski definition) is 5. The van der Waals surface area contributed by atoms with Gasteiger partial charge in [0.05, 0.1) is 15.7 Å². The molecule has 0 amide bonds. The van der Waals surface area contributed by atoms with Gasteiger partial charge in [0.2, 0.25) is 0 Å². The number of fused-ring (bicyclic) bond motifs is 1. The number of aromatic nitrogens is 4. The van der Waals surface area contributed by atoms with Gasteiger partial charge in [-0.1, -0.05) is 60.5 Å². The van der Waals surface area contributed by atoms with Gasteiger partial charge in [-0.25, -0.2) is 4.79 Å². The van der Waals surface area contributed by atoms with Crippen molar-refractivity contribution >= 4 is 34.1 Å². The Balaban J connectivity index is 0.00000156. The molecule has 0 fully saturated rings. The monoisotopic (exact) mass is 537 g/mol. The molecule has 0 aliphatic heterocycles. The molecule has 5 aromatic rings. The standard InChI is InChI=1S/C26H20Cl2N4O3.CH5N/c1-14(16-6-4-3-5-7-16)20-13-29-23-9-8-18(12-19(20)23)35-24-21(27)10-17(11-22(24)28)32-26(34)30-25(33)15(2)31-32;1-2/h3-14,29H,1-2H3,(H,30,33,34);2H2,1H3. The van der Waals surface area contributed by atoms with Crippen molar-refractivity contribution in [2.75, 3.05) is 7.05 Å². The number of halogens is 2. The van der Waals surface area contributed by atoms with Gasteiger partial charge in [-0.15, -0.1) is 0 Å². The van der Waals surface area contributed by atoms with Gasteiger partial charge in [0, 0.05) is 23.0 Å². The summed E-state index contributed by atoms with van der Waals surface area (Å²) in [6.07, 6.45) is 2.01. The number of nitrogens with zero attached hydrogens (tertiary/aromatic N) is 2. The van der Waals surface area contributed by atoms with E-state index in [1.807, 2.05) is 42.6 Å². The molecular formula is C27H25Cl2N5O3. The van der Waals surface area contributed by atoms with Crippen LogP contribution in [0.1, 0.15) is 29.7 Å². The van der Waals surface area contributed by atoms with Crippen molar-refractivity contribution in [2.24, 2.45) is 5.73 Å². The SMILES string of the molecule is CN.Cc1nn(-c2cc(Cl)c(Oc3ccc4[nH]cc(C(C)c5ccccc5)c4c3)c(Cl)c2)c(=O)[nH]c1=O. The van der Waals surface area contributed by atoms with E-state index in [0.717, 1.165) is 21.1 Å². The molecule has 5 rings (SSSR count). The third-order valence-electron chi connectivity index (χ3n) is 5.89. The lowest BCUT2D eigenvalue weighted by atomic mass is 9.93. The minimum absolute atomic E-state index is 0.137. The van der Waals surface area contributed by atoms with E-state index >= 15 is 0 Å². The summed E-state index contributed by atoms with van der Waals surface area (Å²) in [5.41, 5.74) is 7.03. The number of aryl methyl sites for hydroxylation is 1. The molecule has 0 radical (unpaired) electrons. The number of rotatable bonds is 5. The average Bonchev–Trinajstić information content (AvgIpc) is 3.33. The smallest absolute Gasteiger partial charge is 0.349 e. The van der Waals surface area contributed by atoms with Gasteiger partial charge in [0.1, 0.15) is 11.4 Å². The highest BCUT2D eigenvalue weighted by molar-refractivity contribution is 6.37. The normalized spacial score (nSPS) is 11.6. The molecule has 1 unspecified atom stereocenters. The Morgan fingerprint density at radius 3 is 2.35 bits per heavy atom. The Morgan fingerprint density at radius 1 is 1.00 bits per heavy atom. The molecule has 2 heterocycles. The van der Waals surface area contributed by atoms with E-state index in [-0.39, 0.29) is 27.4 Å². The van der Waals surface area contributed by atoms with Gasteiger partial charge in [-0.2, -0.15) is 9.78 Å². The Kier molecular flexibility index (Phi) is 7.83. The zero-order valence-corrected chi connectivity index (χ0v) is 21.9. The van der Waals surface area contributed by atoms with Gasteiger partial charge in [-0.3, -0.25) is 9.78 Å². The van der Waals surface area contributed by atoms with Crippen molar-refractivity contribution in [3.63, 3.8) is 0 Å². The topological polar surface area (TPSA) is 119 Å². The van der Waals surface area contributed by atoms with Crippen LogP contribution in [-0.4, -0.2) is 26.8 Å². The van der Waals surface area contributed by atoms with Crippen LogP contribution in [0.25, 0.3) is 16.6 Å². The largest absolute Gasteiger partial charge is 0.454 e. The molecule has 0 aliphatic carbocycles. The average molecular weight is 538 g/mol. The minimum Gasteiger partial charge on any atom is -0.454 e. The number of hydrogen-bond donors (Lipinski definition) is 3. The molecule has 10 heteroatoms. The molecule has 0 bridgehead atoms. The van der Waals surface area contributed by atoms with Crippen LogP contribution in [-0.2, 0) is 0 Å². The molecule has 0 spiro atoms. The van der Waals surface area contributed by atoms with Crippen LogP contribution in [0.5, 0.6) is 11.5 Å². The Morgan fingerprint density at radius 2 is 1.68 bits per heavy atom. The van der Waals surface area contributed by atoms with Gasteiger partial charge < -0.3 is 15.5 Å². The lowest BCUT2D eigenvalue weighted by molar-refractivity contribution is 0.483. The van der Waals surface area contributed by atoms with E-state index in [0.29, 0.717) is 11.4 Å². The number of nitrogens with two attached hydrogens (primary N) is 1. The van der Waals surface area contributed by atoms with Gasteiger partial charge in [-0.05, 0) is 55.4 Å². The van der Waals surface area contributed by atoms with Crippen LogP contribution in [0.3, 0.4) is 0 Å². The second-order valence-corrected chi connectivity index (χ2v) is 9.00. The fourth-order valence-corrected chi connectivity index (χ4v) is 4.56. The number of ether oxygens (including phenoxy) is 1. The maximum atomic E-state index is 12.2. The number of aromatic amines is 2. The van der Waals surface area contributed by atoms with Crippen LogP contribution in [0.15, 0.2) is 76.4 Å². The first kappa shape index (κ1) is 26.2. The molecule has 3 aromatic carbocycles. The molecule has 2 aromatic heterocycles. The number of benzene rings is 3. The van der Waals surface area contributed by atoms with E-state index in [4.69, 9.17) is 27.9 Å². The fourth-order valence-electron chi connectivity index (χ4n) is 4.00. The number of nitrogens with one attached hydrogen (secondary N) is 2. The van der Waals surface area contributed by atoms with E-state index in [1.165, 1.54) is 31.7 Å². The second kappa shape index (κ2) is 11.0. The van der Waals surface area contributed by atoms with Crippen LogP contribution in [0.4, 0.5) is 0 Å². The maximum absolute atomic E-state index is 12.2. The van der Waals surface area contributed by atoms with Crippen molar-refractivity contribution in [2.45, 2.75) is 19.8 Å². The quantitative estimate of drug-likeness (QED) is 0.272. The fraction of sp³-hybridized carbons (Fsp3) is 0.148. The summed E-state index contributed by atoms with van der Waals surface area (Å²) in [4.78, 5) is 29.4. The lowest BCUT2D eigenvalue weighted by Crippen LogP contribution is -2.32. The molecular weight excluding hydrogens is 513 g/mol. The predicted molar refractivity (Wildman–Crippen MR) is 148 cm³/mol. The first-order chi connectivity index (χ1) is 17.8. The second-order valence-electron chi connectivity index (χ2n) is 8.18. The van der Waals surface area contributed by atoms with Gasteiger partial charge in [0.15, 0.2) is 5.75 Å². The van der Waals surface area contributed by atoms with Crippen molar-refractivity contribution in [1.29, 1.82) is 0 Å². The highest BCUT2D eigenvalue weighted by atomic mass is 35.5. The van der Waals surface area contributed by atoms with Gasteiger partial charge >= 0.3 is 5.69 Å². The molecule has 1 atom stereocenters. The maximum Gasteiger partial charge on any atom is 0.349 e. The van der Waals surface area contributed by atoms with Crippen molar-refractivity contribution in [3.05, 3.63) is 115 Å². The Bertz CT molecular complexity index is 1650. The summed E-state index contributed by atoms with van der Waals surface area (Å²) in [6.45, 7) is 3.66. The summed E-state index contributed by atoms with van der Waals surface area (Å²) >= 11 is 13.0. The van der Waals surface area contributed by atoms with Crippen molar-refractivity contribution in [3.8, 4) is 17.2 Å². The lowest BCUT2D eigenvalue weighted by Gasteiger charge is -2.14. The van der Waals surface area contributed by atoms with Crippen molar-refractivity contribution in [1.82, 2.24) is 19.7 Å². The third-order valence-corrected chi connectivity index (χ3v) is 6.45. The van der Waals surface area contributed by atoms with Crippen molar-refractivity contribution < 1.29 is 4.74 Å². The molecule has 37 heavy (non-hydrogen) atoms. The summed E-state index contributed by atoms with van der Waals surface area (Å²) in [5.74, 6) is 0.988. The van der Waals surface area contributed by atoms with Crippen LogP contribution in [0.2, 0.25) is 10.0 Å². The Labute approximate surface area is 222 Å². The highest BCUT2D eigenvalue weighted by Crippen LogP contribution is 2.39. The third kappa shape index (κ3) is 5.32. The summed E-state index contributed by atoms with van der Waals surface area (Å²) in [5, 5.41) is 5.43. The summed E-state index contributed by atoms with van der Waals surface area (Å²) in [6, 6.07) is 19.0. The first-order valence-corrected chi connectivity index (χ1v) is 12.2. The molecule has 4 N–H and O–H groups in total. The molecule has 0 saturated carbocycles. The zero-order valence-electron chi connectivity index (χ0n) is 20.4. The predicted octanol–water partition coefficient (Wildman–Crippen LogP) is 5.54. The Hall–Kier alpha value is -3.85. The van der Waals surface area contributed by atoms with Crippen LogP contribution < -0.4 is 21.7 Å². The zero-order chi connectivity index (χ0) is 26.7. The van der Waals surface area contributed by atoms with Crippen LogP contribution in [0, 0.1) is 6.92 Å². The minimum atomic E-state index is -0.695. The highest BCUT2D eigenvalue weighted by Gasteiger charge is 2.17. The van der Waals surface area contributed by atoms with Crippen LogP contribution >= 0.6 is 23.2 Å². The summed E-state index contributed by atoms with van der Waals surface area (Å²) < 4.78 is 7.11. The van der Waals surface area contributed by atoms with Gasteiger partial charge in [0.25, 0.3) is 5.56 Å².